The van der Waals surface area contributed by atoms with Crippen molar-refractivity contribution in [1.82, 2.24) is 9.97 Å². The highest BCUT2D eigenvalue weighted by atomic mass is 16.5. The third-order valence-electron chi connectivity index (χ3n) is 2.43. The Labute approximate surface area is 113 Å². The minimum atomic E-state index is -0.278. The van der Waals surface area contributed by atoms with Gasteiger partial charge < -0.3 is 14.4 Å². The van der Waals surface area contributed by atoms with Crippen molar-refractivity contribution in [2.24, 2.45) is 0 Å². The largest absolute Gasteiger partial charge is 0.481 e. The molecule has 0 saturated carbocycles. The molecule has 0 N–H and O–H groups in total. The number of carbonyl (C=O) groups is 1. The zero-order chi connectivity index (χ0) is 14.3. The van der Waals surface area contributed by atoms with Crippen LogP contribution in [0.2, 0.25) is 0 Å². The van der Waals surface area contributed by atoms with E-state index in [9.17, 15) is 4.79 Å². The van der Waals surface area contributed by atoms with E-state index in [1.54, 1.807) is 25.0 Å². The van der Waals surface area contributed by atoms with Crippen molar-refractivity contribution in [1.29, 1.82) is 0 Å². The summed E-state index contributed by atoms with van der Waals surface area (Å²) in [7, 11) is 1.56. The van der Waals surface area contributed by atoms with Crippen LogP contribution in [0.1, 0.15) is 26.0 Å². The SMILES string of the molecule is CCCN(CC(=O)OCC)c1nc(C)cc(OC)n1. The maximum absolute atomic E-state index is 11.6. The fourth-order valence-electron chi connectivity index (χ4n) is 1.65. The number of aromatic nitrogens is 2. The zero-order valence-corrected chi connectivity index (χ0v) is 12.0. The van der Waals surface area contributed by atoms with E-state index in [-0.39, 0.29) is 12.5 Å². The molecule has 1 aromatic heterocycles. The van der Waals surface area contributed by atoms with Crippen molar-refractivity contribution in [2.45, 2.75) is 27.2 Å². The average Bonchev–Trinajstić information content (AvgIpc) is 2.37. The first-order chi connectivity index (χ1) is 9.10. The van der Waals surface area contributed by atoms with Crippen LogP contribution in [0.4, 0.5) is 5.95 Å². The molecule has 19 heavy (non-hydrogen) atoms. The van der Waals surface area contributed by atoms with Crippen molar-refractivity contribution < 1.29 is 14.3 Å². The Morgan fingerprint density at radius 1 is 1.37 bits per heavy atom. The molecule has 0 aliphatic heterocycles. The number of ether oxygens (including phenoxy) is 2. The summed E-state index contributed by atoms with van der Waals surface area (Å²) in [6.45, 7) is 6.89. The van der Waals surface area contributed by atoms with E-state index >= 15 is 0 Å². The number of hydrogen-bond acceptors (Lipinski definition) is 6. The van der Waals surface area contributed by atoms with Crippen LogP contribution < -0.4 is 9.64 Å². The minimum absolute atomic E-state index is 0.147. The monoisotopic (exact) mass is 267 g/mol. The normalized spacial score (nSPS) is 10.1. The van der Waals surface area contributed by atoms with Gasteiger partial charge in [-0.1, -0.05) is 6.92 Å². The fraction of sp³-hybridized carbons (Fsp3) is 0.615. The predicted molar refractivity (Wildman–Crippen MR) is 72.5 cm³/mol. The minimum Gasteiger partial charge on any atom is -0.481 e. The molecule has 0 aliphatic carbocycles. The van der Waals surface area contributed by atoms with E-state index in [4.69, 9.17) is 9.47 Å². The number of anilines is 1. The van der Waals surface area contributed by atoms with E-state index in [0.29, 0.717) is 25.0 Å². The van der Waals surface area contributed by atoms with Crippen LogP contribution in [0.15, 0.2) is 6.07 Å². The second-order valence-corrected chi connectivity index (χ2v) is 4.08. The second kappa shape index (κ2) is 7.56. The summed E-state index contributed by atoms with van der Waals surface area (Å²) in [4.78, 5) is 22.0. The molecular weight excluding hydrogens is 246 g/mol. The maximum Gasteiger partial charge on any atom is 0.325 e. The Balaban J connectivity index is 2.91. The van der Waals surface area contributed by atoms with E-state index in [0.717, 1.165) is 12.1 Å². The lowest BCUT2D eigenvalue weighted by Gasteiger charge is -2.21. The first-order valence-electron chi connectivity index (χ1n) is 6.40. The first kappa shape index (κ1) is 15.2. The van der Waals surface area contributed by atoms with E-state index in [1.807, 2.05) is 13.8 Å². The molecule has 1 heterocycles. The van der Waals surface area contributed by atoms with Gasteiger partial charge in [-0.15, -0.1) is 0 Å². The maximum atomic E-state index is 11.6. The molecular formula is C13H21N3O3. The van der Waals surface area contributed by atoms with Crippen molar-refractivity contribution in [3.63, 3.8) is 0 Å². The molecule has 0 saturated heterocycles. The molecule has 0 bridgehead atoms. The quantitative estimate of drug-likeness (QED) is 0.699. The lowest BCUT2D eigenvalue weighted by atomic mass is 10.4. The van der Waals surface area contributed by atoms with Gasteiger partial charge in [-0.2, -0.15) is 4.98 Å². The van der Waals surface area contributed by atoms with Crippen molar-refractivity contribution in [3.05, 3.63) is 11.8 Å². The molecule has 0 radical (unpaired) electrons. The van der Waals surface area contributed by atoms with Crippen molar-refractivity contribution >= 4 is 11.9 Å². The van der Waals surface area contributed by atoms with Crippen LogP contribution >= 0.6 is 0 Å². The highest BCUT2D eigenvalue weighted by molar-refractivity contribution is 5.74. The summed E-state index contributed by atoms with van der Waals surface area (Å²) >= 11 is 0. The summed E-state index contributed by atoms with van der Waals surface area (Å²) in [6.07, 6.45) is 0.888. The van der Waals surface area contributed by atoms with E-state index in [2.05, 4.69) is 9.97 Å². The van der Waals surface area contributed by atoms with Gasteiger partial charge >= 0.3 is 5.97 Å². The summed E-state index contributed by atoms with van der Waals surface area (Å²) in [5.74, 6) is 0.708. The third kappa shape index (κ3) is 4.73. The number of nitrogens with zero attached hydrogens (tertiary/aromatic N) is 3. The van der Waals surface area contributed by atoms with Gasteiger partial charge in [0, 0.05) is 18.3 Å². The second-order valence-electron chi connectivity index (χ2n) is 4.08. The van der Waals surface area contributed by atoms with Crippen LogP contribution in [-0.2, 0) is 9.53 Å². The number of aryl methyl sites for hydroxylation is 1. The number of methoxy groups -OCH3 is 1. The van der Waals surface area contributed by atoms with Gasteiger partial charge in [0.15, 0.2) is 0 Å². The topological polar surface area (TPSA) is 64.6 Å². The van der Waals surface area contributed by atoms with E-state index < -0.39 is 0 Å². The fourth-order valence-corrected chi connectivity index (χ4v) is 1.65. The number of esters is 1. The standard InChI is InChI=1S/C13H21N3O3/c1-5-7-16(9-12(17)19-6-2)13-14-10(3)8-11(15-13)18-4/h8H,5-7,9H2,1-4H3. The molecule has 0 fully saturated rings. The highest BCUT2D eigenvalue weighted by Crippen LogP contribution is 2.15. The number of carbonyl (C=O) groups excluding carboxylic acids is 1. The predicted octanol–water partition coefficient (Wildman–Crippen LogP) is 1.57. The number of rotatable bonds is 7. The van der Waals surface area contributed by atoms with Crippen molar-refractivity contribution in [3.8, 4) is 5.88 Å². The van der Waals surface area contributed by atoms with Gasteiger partial charge in [0.05, 0.1) is 13.7 Å². The van der Waals surface area contributed by atoms with Crippen LogP contribution in [0.3, 0.4) is 0 Å². The number of hydrogen-bond donors (Lipinski definition) is 0. The Kier molecular flexibility index (Phi) is 6.05. The van der Waals surface area contributed by atoms with Crippen molar-refractivity contribution in [2.75, 3.05) is 31.7 Å². The summed E-state index contributed by atoms with van der Waals surface area (Å²) in [5.41, 5.74) is 0.798. The van der Waals surface area contributed by atoms with Crippen LogP contribution in [-0.4, -0.2) is 42.7 Å². The molecule has 0 aromatic carbocycles. The molecule has 0 atom stereocenters. The van der Waals surface area contributed by atoms with Gasteiger partial charge in [-0.05, 0) is 20.3 Å². The van der Waals surface area contributed by atoms with Crippen LogP contribution in [0, 0.1) is 6.92 Å². The summed E-state index contributed by atoms with van der Waals surface area (Å²) < 4.78 is 10.1. The Bertz CT molecular complexity index is 424. The van der Waals surface area contributed by atoms with E-state index in [1.165, 1.54) is 0 Å². The molecule has 0 unspecified atom stereocenters. The van der Waals surface area contributed by atoms with Gasteiger partial charge in [0.25, 0.3) is 0 Å². The molecule has 0 aliphatic rings. The smallest absolute Gasteiger partial charge is 0.325 e. The summed E-state index contributed by atoms with van der Waals surface area (Å²) in [6, 6.07) is 1.75. The molecule has 6 heteroatoms. The van der Waals surface area contributed by atoms with Gasteiger partial charge in [0.2, 0.25) is 11.8 Å². The third-order valence-corrected chi connectivity index (χ3v) is 2.43. The molecule has 0 spiro atoms. The molecule has 1 rings (SSSR count). The molecule has 106 valence electrons. The van der Waals surface area contributed by atoms with Gasteiger partial charge in [-0.3, -0.25) is 4.79 Å². The molecule has 0 amide bonds. The average molecular weight is 267 g/mol. The summed E-state index contributed by atoms with van der Waals surface area (Å²) in [5, 5.41) is 0. The Morgan fingerprint density at radius 2 is 2.11 bits per heavy atom. The Morgan fingerprint density at radius 3 is 2.68 bits per heavy atom. The lowest BCUT2D eigenvalue weighted by Crippen LogP contribution is -2.33. The van der Waals surface area contributed by atoms with Gasteiger partial charge in [0.1, 0.15) is 6.54 Å². The van der Waals surface area contributed by atoms with Crippen LogP contribution in [0.25, 0.3) is 0 Å². The molecule has 6 nitrogen and oxygen atoms in total. The van der Waals surface area contributed by atoms with Crippen LogP contribution in [0.5, 0.6) is 5.88 Å². The highest BCUT2D eigenvalue weighted by Gasteiger charge is 2.15. The zero-order valence-electron chi connectivity index (χ0n) is 12.0. The Hall–Kier alpha value is -1.85. The van der Waals surface area contributed by atoms with Gasteiger partial charge in [-0.25, -0.2) is 4.98 Å². The first-order valence-corrected chi connectivity index (χ1v) is 6.40. The lowest BCUT2D eigenvalue weighted by molar-refractivity contribution is -0.141. The molecule has 1 aromatic rings.